The number of ether oxygens (including phenoxy) is 2. The van der Waals surface area contributed by atoms with Crippen LogP contribution in [0.5, 0.6) is 11.5 Å². The lowest BCUT2D eigenvalue weighted by molar-refractivity contribution is 0.0846. The summed E-state index contributed by atoms with van der Waals surface area (Å²) in [6.07, 6.45) is 0. The fourth-order valence-electron chi connectivity index (χ4n) is 1.93. The summed E-state index contributed by atoms with van der Waals surface area (Å²) in [6, 6.07) is 12.7. The highest BCUT2D eigenvalue weighted by Crippen LogP contribution is 2.22. The van der Waals surface area contributed by atoms with Gasteiger partial charge in [0, 0.05) is 17.2 Å². The van der Waals surface area contributed by atoms with Crippen LogP contribution >= 0.6 is 0 Å². The lowest BCUT2D eigenvalue weighted by atomic mass is 10.1. The number of hydrogen-bond acceptors (Lipinski definition) is 5. The zero-order valence-electron chi connectivity index (χ0n) is 13.1. The smallest absolute Gasteiger partial charge is 0.269 e. The largest absolute Gasteiger partial charge is 0.497 e. The molecule has 0 saturated heterocycles. The van der Waals surface area contributed by atoms with Crippen LogP contribution < -0.4 is 20.3 Å². The lowest BCUT2D eigenvalue weighted by Crippen LogP contribution is -2.41. The maximum atomic E-state index is 12.2. The van der Waals surface area contributed by atoms with Crippen molar-refractivity contribution in [2.75, 3.05) is 14.2 Å². The molecule has 0 radical (unpaired) electrons. The Morgan fingerprint density at radius 3 is 2.04 bits per heavy atom. The van der Waals surface area contributed by atoms with Gasteiger partial charge in [-0.05, 0) is 30.3 Å². The van der Waals surface area contributed by atoms with E-state index in [9.17, 15) is 9.59 Å². The van der Waals surface area contributed by atoms with Crippen LogP contribution in [0.15, 0.2) is 42.5 Å². The van der Waals surface area contributed by atoms with E-state index in [1.165, 1.54) is 38.5 Å². The van der Waals surface area contributed by atoms with Crippen LogP contribution in [0.4, 0.5) is 0 Å². The molecule has 7 heteroatoms. The second-order valence-corrected chi connectivity index (χ2v) is 4.70. The number of hydrazine groups is 1. The third-order valence-electron chi connectivity index (χ3n) is 3.16. The van der Waals surface area contributed by atoms with Crippen LogP contribution in [0.2, 0.25) is 0 Å². The van der Waals surface area contributed by atoms with Crippen LogP contribution in [-0.4, -0.2) is 26.0 Å². The fourth-order valence-corrected chi connectivity index (χ4v) is 1.93. The number of hydrogen-bond donors (Lipinski definition) is 2. The quantitative estimate of drug-likeness (QED) is 0.833. The van der Waals surface area contributed by atoms with Crippen molar-refractivity contribution >= 4 is 11.8 Å². The molecular weight excluding hydrogens is 310 g/mol. The van der Waals surface area contributed by atoms with Crippen LogP contribution in [0.3, 0.4) is 0 Å². The lowest BCUT2D eigenvalue weighted by Gasteiger charge is -2.10. The molecule has 0 aliphatic carbocycles. The Balaban J connectivity index is 2.07. The van der Waals surface area contributed by atoms with Crippen LogP contribution in [-0.2, 0) is 0 Å². The topological polar surface area (TPSA) is 100 Å². The molecule has 2 N–H and O–H groups in total. The van der Waals surface area contributed by atoms with Gasteiger partial charge in [-0.25, -0.2) is 0 Å². The molecule has 0 atom stereocenters. The van der Waals surface area contributed by atoms with E-state index >= 15 is 0 Å². The number of rotatable bonds is 4. The number of amides is 2. The Hall–Kier alpha value is -3.53. The van der Waals surface area contributed by atoms with Crippen LogP contribution in [0, 0.1) is 11.3 Å². The molecule has 122 valence electrons. The van der Waals surface area contributed by atoms with Gasteiger partial charge in [0.25, 0.3) is 11.8 Å². The summed E-state index contributed by atoms with van der Waals surface area (Å²) in [5, 5.41) is 8.83. The highest BCUT2D eigenvalue weighted by molar-refractivity contribution is 5.99. The van der Waals surface area contributed by atoms with Gasteiger partial charge in [0.2, 0.25) is 0 Å². The number of nitrogens with zero attached hydrogens (tertiary/aromatic N) is 1. The molecule has 7 nitrogen and oxygen atoms in total. The first kappa shape index (κ1) is 16.8. The van der Waals surface area contributed by atoms with E-state index in [0.717, 1.165) is 0 Å². The summed E-state index contributed by atoms with van der Waals surface area (Å²) >= 11 is 0. The van der Waals surface area contributed by atoms with Crippen molar-refractivity contribution in [1.29, 1.82) is 5.26 Å². The van der Waals surface area contributed by atoms with Crippen molar-refractivity contribution in [3.63, 3.8) is 0 Å². The third-order valence-corrected chi connectivity index (χ3v) is 3.16. The van der Waals surface area contributed by atoms with Gasteiger partial charge >= 0.3 is 0 Å². The van der Waals surface area contributed by atoms with E-state index in [0.29, 0.717) is 17.1 Å². The molecule has 2 rings (SSSR count). The van der Waals surface area contributed by atoms with Crippen LogP contribution in [0.1, 0.15) is 26.3 Å². The molecule has 24 heavy (non-hydrogen) atoms. The van der Waals surface area contributed by atoms with E-state index in [1.807, 2.05) is 6.07 Å². The summed E-state index contributed by atoms with van der Waals surface area (Å²) in [7, 11) is 2.95. The number of carbonyl (C=O) groups is 2. The molecule has 0 saturated carbocycles. The van der Waals surface area contributed by atoms with E-state index in [4.69, 9.17) is 14.7 Å². The molecule has 0 unspecified atom stereocenters. The number of carbonyl (C=O) groups excluding carboxylic acids is 2. The average molecular weight is 325 g/mol. The van der Waals surface area contributed by atoms with Crippen molar-refractivity contribution in [3.8, 4) is 17.6 Å². The monoisotopic (exact) mass is 325 g/mol. The number of nitrogens with one attached hydrogen (secondary N) is 2. The zero-order valence-corrected chi connectivity index (χ0v) is 13.1. The van der Waals surface area contributed by atoms with Gasteiger partial charge in [-0.15, -0.1) is 0 Å². The Labute approximate surface area is 138 Å². The predicted octanol–water partition coefficient (Wildman–Crippen LogP) is 1.65. The second-order valence-electron chi connectivity index (χ2n) is 4.70. The van der Waals surface area contributed by atoms with Crippen molar-refractivity contribution in [2.45, 2.75) is 0 Å². The normalized spacial score (nSPS) is 9.54. The molecule has 2 aromatic rings. The first-order valence-electron chi connectivity index (χ1n) is 6.91. The minimum atomic E-state index is -0.532. The molecule has 0 fully saturated rings. The molecule has 2 amide bonds. The molecule has 0 aliphatic rings. The van der Waals surface area contributed by atoms with Gasteiger partial charge in [-0.2, -0.15) is 5.26 Å². The summed E-state index contributed by atoms with van der Waals surface area (Å²) in [5.41, 5.74) is 5.48. The average Bonchev–Trinajstić information content (AvgIpc) is 2.65. The molecule has 0 aliphatic heterocycles. The number of methoxy groups -OCH3 is 2. The maximum absolute atomic E-state index is 12.2. The Kier molecular flexibility index (Phi) is 5.36. The SMILES string of the molecule is COc1cc(OC)cc(C(=O)NNC(=O)c2cccc(C#N)c2)c1. The molecular formula is C17H15N3O4. The van der Waals surface area contributed by atoms with Crippen molar-refractivity contribution in [3.05, 3.63) is 59.2 Å². The van der Waals surface area contributed by atoms with Crippen molar-refractivity contribution in [2.24, 2.45) is 0 Å². The van der Waals surface area contributed by atoms with Gasteiger partial charge in [0.1, 0.15) is 11.5 Å². The van der Waals surface area contributed by atoms with Gasteiger partial charge in [0.05, 0.1) is 25.9 Å². The number of benzene rings is 2. The molecule has 0 heterocycles. The van der Waals surface area contributed by atoms with Gasteiger partial charge in [-0.3, -0.25) is 20.4 Å². The molecule has 0 bridgehead atoms. The summed E-state index contributed by atoms with van der Waals surface area (Å²) in [4.78, 5) is 24.2. The summed E-state index contributed by atoms with van der Waals surface area (Å²) < 4.78 is 10.2. The minimum Gasteiger partial charge on any atom is -0.497 e. The van der Waals surface area contributed by atoms with Gasteiger partial charge in [0.15, 0.2) is 0 Å². The van der Waals surface area contributed by atoms with Gasteiger partial charge in [-0.1, -0.05) is 6.07 Å². The van der Waals surface area contributed by atoms with Crippen molar-refractivity contribution < 1.29 is 19.1 Å². The number of nitriles is 1. The second kappa shape index (κ2) is 7.65. The van der Waals surface area contributed by atoms with E-state index in [2.05, 4.69) is 10.9 Å². The first-order valence-corrected chi connectivity index (χ1v) is 6.91. The highest BCUT2D eigenvalue weighted by atomic mass is 16.5. The zero-order chi connectivity index (χ0) is 17.5. The van der Waals surface area contributed by atoms with E-state index in [1.54, 1.807) is 18.2 Å². The fraction of sp³-hybridized carbons (Fsp3) is 0.118. The Morgan fingerprint density at radius 1 is 0.917 bits per heavy atom. The first-order chi connectivity index (χ1) is 11.6. The maximum Gasteiger partial charge on any atom is 0.269 e. The highest BCUT2D eigenvalue weighted by Gasteiger charge is 2.12. The third kappa shape index (κ3) is 4.01. The summed E-state index contributed by atoms with van der Waals surface area (Å²) in [5.74, 6) is -0.160. The minimum absolute atomic E-state index is 0.261. The Bertz CT molecular complexity index is 789. The predicted molar refractivity (Wildman–Crippen MR) is 85.6 cm³/mol. The van der Waals surface area contributed by atoms with Crippen LogP contribution in [0.25, 0.3) is 0 Å². The van der Waals surface area contributed by atoms with E-state index in [-0.39, 0.29) is 11.1 Å². The van der Waals surface area contributed by atoms with Crippen molar-refractivity contribution in [1.82, 2.24) is 10.9 Å². The van der Waals surface area contributed by atoms with Gasteiger partial charge < -0.3 is 9.47 Å². The molecule has 0 spiro atoms. The standard InChI is InChI=1S/C17H15N3O4/c1-23-14-7-13(8-15(9-14)24-2)17(22)20-19-16(21)12-5-3-4-11(6-12)10-18/h3-9H,1-2H3,(H,19,21)(H,20,22). The Morgan fingerprint density at radius 2 is 1.50 bits per heavy atom. The van der Waals surface area contributed by atoms with E-state index < -0.39 is 11.8 Å². The molecule has 0 aromatic heterocycles. The summed E-state index contributed by atoms with van der Waals surface area (Å²) in [6.45, 7) is 0. The molecule has 2 aromatic carbocycles.